The van der Waals surface area contributed by atoms with E-state index in [0.29, 0.717) is 31.1 Å². The van der Waals surface area contributed by atoms with Gasteiger partial charge in [-0.15, -0.1) is 6.58 Å². The third-order valence-corrected chi connectivity index (χ3v) is 3.54. The van der Waals surface area contributed by atoms with Gasteiger partial charge in [-0.25, -0.2) is 10.5 Å². The minimum atomic E-state index is -1.07. The van der Waals surface area contributed by atoms with Crippen LogP contribution >= 0.6 is 0 Å². The molecule has 0 aromatic heterocycles. The Labute approximate surface area is 140 Å². The fraction of sp³-hybridized carbons (Fsp3) is 0.412. The molecule has 0 radical (unpaired) electrons. The molecule has 1 aliphatic heterocycles. The zero-order valence-corrected chi connectivity index (χ0v) is 13.7. The quantitative estimate of drug-likeness (QED) is 0.403. The lowest BCUT2D eigenvalue weighted by Gasteiger charge is -2.20. The van der Waals surface area contributed by atoms with Crippen LogP contribution in [0.1, 0.15) is 18.4 Å². The number of ether oxygens (including phenoxy) is 2. The topological polar surface area (TPSA) is 89.4 Å². The molecule has 0 bridgehead atoms. The molecule has 1 heterocycles. The molecule has 1 amide bonds. The Balaban J connectivity index is 2.13. The van der Waals surface area contributed by atoms with Crippen molar-refractivity contribution in [3.05, 3.63) is 42.5 Å². The highest BCUT2D eigenvalue weighted by Gasteiger charge is 2.43. The molecule has 1 atom stereocenters. The smallest absolute Gasteiger partial charge is 0.275 e. The third kappa shape index (κ3) is 4.12. The Hall–Kier alpha value is -2.38. The Morgan fingerprint density at radius 2 is 2.25 bits per heavy atom. The van der Waals surface area contributed by atoms with Crippen molar-refractivity contribution in [1.82, 2.24) is 5.48 Å². The van der Waals surface area contributed by atoms with E-state index in [9.17, 15) is 4.79 Å². The van der Waals surface area contributed by atoms with Gasteiger partial charge in [-0.05, 0) is 24.3 Å². The van der Waals surface area contributed by atoms with Crippen LogP contribution in [0.15, 0.2) is 41.9 Å². The number of hydrogen-bond acceptors (Lipinski definition) is 6. The number of aliphatic imine (C=N–C) groups is 1. The second-order valence-corrected chi connectivity index (χ2v) is 5.32. The molecule has 0 spiro atoms. The second kappa shape index (κ2) is 8.47. The molecule has 0 saturated carbocycles. The molecule has 1 aromatic carbocycles. The van der Waals surface area contributed by atoms with Gasteiger partial charge in [0.15, 0.2) is 5.54 Å². The summed E-state index contributed by atoms with van der Waals surface area (Å²) >= 11 is 0. The Bertz CT molecular complexity index is 600. The summed E-state index contributed by atoms with van der Waals surface area (Å²) in [5, 5.41) is 8.75. The zero-order chi connectivity index (χ0) is 17.4. The highest BCUT2D eigenvalue weighted by Crippen LogP contribution is 2.27. The lowest BCUT2D eigenvalue weighted by atomic mass is 9.97. The molecule has 7 heteroatoms. The molecule has 130 valence electrons. The van der Waals surface area contributed by atoms with Gasteiger partial charge < -0.3 is 14.6 Å². The van der Waals surface area contributed by atoms with Crippen LogP contribution in [0, 0.1) is 0 Å². The zero-order valence-electron chi connectivity index (χ0n) is 13.7. The van der Waals surface area contributed by atoms with E-state index in [-0.39, 0.29) is 19.1 Å². The van der Waals surface area contributed by atoms with Gasteiger partial charge in [-0.2, -0.15) is 0 Å². The summed E-state index contributed by atoms with van der Waals surface area (Å²) in [6.45, 7) is 4.35. The van der Waals surface area contributed by atoms with Gasteiger partial charge in [-0.3, -0.25) is 9.63 Å². The summed E-state index contributed by atoms with van der Waals surface area (Å²) in [6.07, 6.45) is 2.55. The fourth-order valence-corrected chi connectivity index (χ4v) is 2.28. The highest BCUT2D eigenvalue weighted by atomic mass is 16.6. The van der Waals surface area contributed by atoms with Crippen molar-refractivity contribution in [2.75, 3.05) is 26.9 Å². The van der Waals surface area contributed by atoms with E-state index in [1.807, 2.05) is 12.1 Å². The average molecular weight is 334 g/mol. The van der Waals surface area contributed by atoms with Crippen molar-refractivity contribution in [3.63, 3.8) is 0 Å². The third-order valence-electron chi connectivity index (χ3n) is 3.54. The van der Waals surface area contributed by atoms with E-state index < -0.39 is 5.54 Å². The molecule has 0 saturated heterocycles. The minimum absolute atomic E-state index is 0.0949. The summed E-state index contributed by atoms with van der Waals surface area (Å²) < 4.78 is 11.1. The maximum Gasteiger partial charge on any atom is 0.275 e. The molecule has 1 aliphatic rings. The SMILES string of the molecule is C=CC[C@@]1(C(=O)NOC)COC(c2ccc(OCCCO)cc2)=N1. The van der Waals surface area contributed by atoms with Crippen LogP contribution in [0.3, 0.4) is 0 Å². The van der Waals surface area contributed by atoms with E-state index in [1.165, 1.54) is 7.11 Å². The molecule has 0 unspecified atom stereocenters. The molecule has 1 aromatic rings. The van der Waals surface area contributed by atoms with Crippen LogP contribution in [0.4, 0.5) is 0 Å². The second-order valence-electron chi connectivity index (χ2n) is 5.32. The van der Waals surface area contributed by atoms with Crippen LogP contribution in [-0.4, -0.2) is 49.4 Å². The standard InChI is InChI=1S/C17H22N2O5/c1-3-9-17(16(21)19-22-2)12-24-15(18-17)13-5-7-14(8-6-13)23-11-4-10-20/h3,5-8,20H,1,4,9-12H2,2H3,(H,19,21)/t17-/m0/s1. The first-order chi connectivity index (χ1) is 11.6. The van der Waals surface area contributed by atoms with Gasteiger partial charge in [0.05, 0.1) is 13.7 Å². The number of carbonyl (C=O) groups excluding carboxylic acids is 1. The van der Waals surface area contributed by atoms with E-state index in [1.54, 1.807) is 18.2 Å². The first-order valence-corrected chi connectivity index (χ1v) is 7.66. The minimum Gasteiger partial charge on any atom is -0.494 e. The summed E-state index contributed by atoms with van der Waals surface area (Å²) in [6, 6.07) is 7.21. The summed E-state index contributed by atoms with van der Waals surface area (Å²) in [4.78, 5) is 21.4. The molecule has 7 nitrogen and oxygen atoms in total. The maximum absolute atomic E-state index is 12.2. The van der Waals surface area contributed by atoms with Crippen molar-refractivity contribution < 1.29 is 24.2 Å². The number of nitrogens with one attached hydrogen (secondary N) is 1. The number of benzene rings is 1. The van der Waals surface area contributed by atoms with Gasteiger partial charge in [-0.1, -0.05) is 6.08 Å². The van der Waals surface area contributed by atoms with Crippen molar-refractivity contribution in [2.24, 2.45) is 4.99 Å². The summed E-state index contributed by atoms with van der Waals surface area (Å²) in [5.41, 5.74) is 1.99. The first kappa shape index (κ1) is 18.0. The van der Waals surface area contributed by atoms with Crippen molar-refractivity contribution in [2.45, 2.75) is 18.4 Å². The fourth-order valence-electron chi connectivity index (χ4n) is 2.28. The number of hydrogen-bond donors (Lipinski definition) is 2. The number of carbonyl (C=O) groups is 1. The van der Waals surface area contributed by atoms with Gasteiger partial charge in [0.25, 0.3) is 5.91 Å². The number of nitrogens with zero attached hydrogens (tertiary/aromatic N) is 1. The molecular formula is C17H22N2O5. The van der Waals surface area contributed by atoms with Gasteiger partial charge in [0, 0.05) is 25.0 Å². The first-order valence-electron chi connectivity index (χ1n) is 7.66. The van der Waals surface area contributed by atoms with Gasteiger partial charge >= 0.3 is 0 Å². The van der Waals surface area contributed by atoms with Crippen molar-refractivity contribution >= 4 is 11.8 Å². The van der Waals surface area contributed by atoms with Crippen molar-refractivity contribution in [1.29, 1.82) is 0 Å². The van der Waals surface area contributed by atoms with Crippen LogP contribution in [0.25, 0.3) is 0 Å². The lowest BCUT2D eigenvalue weighted by molar-refractivity contribution is -0.137. The number of aliphatic hydroxyl groups excluding tert-OH is 1. The van der Waals surface area contributed by atoms with E-state index in [4.69, 9.17) is 19.4 Å². The molecule has 2 N–H and O–H groups in total. The largest absolute Gasteiger partial charge is 0.494 e. The molecule has 0 aliphatic carbocycles. The molecule has 2 rings (SSSR count). The highest BCUT2D eigenvalue weighted by molar-refractivity contribution is 6.00. The van der Waals surface area contributed by atoms with E-state index in [2.05, 4.69) is 17.1 Å². The van der Waals surface area contributed by atoms with E-state index in [0.717, 1.165) is 5.56 Å². The van der Waals surface area contributed by atoms with Crippen LogP contribution in [-0.2, 0) is 14.4 Å². The maximum atomic E-state index is 12.2. The molecule has 0 fully saturated rings. The van der Waals surface area contributed by atoms with Crippen LogP contribution in [0.2, 0.25) is 0 Å². The summed E-state index contributed by atoms with van der Waals surface area (Å²) in [5.74, 6) is 0.717. The van der Waals surface area contributed by atoms with Crippen LogP contribution < -0.4 is 10.2 Å². The summed E-state index contributed by atoms with van der Waals surface area (Å²) in [7, 11) is 1.37. The van der Waals surface area contributed by atoms with Crippen molar-refractivity contribution in [3.8, 4) is 5.75 Å². The molecule has 24 heavy (non-hydrogen) atoms. The predicted molar refractivity (Wildman–Crippen MR) is 88.8 cm³/mol. The van der Waals surface area contributed by atoms with E-state index >= 15 is 0 Å². The van der Waals surface area contributed by atoms with Gasteiger partial charge in [0.2, 0.25) is 5.90 Å². The normalized spacial score (nSPS) is 19.3. The van der Waals surface area contributed by atoms with Gasteiger partial charge in [0.1, 0.15) is 12.4 Å². The number of amides is 1. The predicted octanol–water partition coefficient (Wildman–Crippen LogP) is 1.22. The monoisotopic (exact) mass is 334 g/mol. The number of rotatable bonds is 9. The number of hydroxylamine groups is 1. The lowest BCUT2D eigenvalue weighted by Crippen LogP contribution is -2.46. The Morgan fingerprint density at radius 1 is 1.50 bits per heavy atom. The average Bonchev–Trinajstić information content (AvgIpc) is 3.02. The molecular weight excluding hydrogens is 312 g/mol. The Morgan fingerprint density at radius 3 is 2.88 bits per heavy atom. The van der Waals surface area contributed by atoms with Crippen LogP contribution in [0.5, 0.6) is 5.75 Å². The Kier molecular flexibility index (Phi) is 6.34. The number of aliphatic hydroxyl groups is 1.